The van der Waals surface area contributed by atoms with E-state index in [4.69, 9.17) is 5.26 Å². The Morgan fingerprint density at radius 1 is 1.64 bits per heavy atom. The topological polar surface area (TPSA) is 53.2 Å². The van der Waals surface area contributed by atoms with Gasteiger partial charge < -0.3 is 0 Å². The second-order valence-electron chi connectivity index (χ2n) is 3.17. The third kappa shape index (κ3) is 1.22. The van der Waals surface area contributed by atoms with Gasteiger partial charge in [0.1, 0.15) is 0 Å². The normalized spacial score (nSPS) is 18.1. The fourth-order valence-electron chi connectivity index (χ4n) is 1.86. The smallest absolute Gasteiger partial charge is 0.211 e. The van der Waals surface area contributed by atoms with Gasteiger partial charge in [0.05, 0.1) is 17.7 Å². The van der Waals surface area contributed by atoms with E-state index in [1.165, 1.54) is 0 Å². The molecule has 14 heavy (non-hydrogen) atoms. The number of benzene rings is 1. The van der Waals surface area contributed by atoms with Crippen LogP contribution in [0.2, 0.25) is 0 Å². The van der Waals surface area contributed by atoms with Gasteiger partial charge in [0.2, 0.25) is 6.08 Å². The Hall–Kier alpha value is -1.91. The molecule has 0 aliphatic heterocycles. The maximum absolute atomic E-state index is 10.2. The number of nitriles is 1. The zero-order chi connectivity index (χ0) is 9.97. The van der Waals surface area contributed by atoms with Crippen LogP contribution < -0.4 is 0 Å². The van der Waals surface area contributed by atoms with Crippen molar-refractivity contribution in [3.63, 3.8) is 0 Å². The number of hydrogen-bond acceptors (Lipinski definition) is 3. The number of nitrogens with zero attached hydrogens (tertiary/aromatic N) is 2. The standard InChI is InChI=1S/C11H7N2O/c12-6-9-3-1-2-8-4-5-10(11(8)9)13-7-14/h1,3,10H,4-5H2. The van der Waals surface area contributed by atoms with Gasteiger partial charge in [0.15, 0.2) is 0 Å². The molecule has 1 atom stereocenters. The molecule has 0 N–H and O–H groups in total. The number of fused-ring (bicyclic) bond motifs is 1. The largest absolute Gasteiger partial charge is 0.235 e. The number of isocyanates is 1. The second kappa shape index (κ2) is 3.45. The lowest BCUT2D eigenvalue weighted by atomic mass is 10.0. The van der Waals surface area contributed by atoms with E-state index >= 15 is 0 Å². The van der Waals surface area contributed by atoms with Crippen molar-refractivity contribution in [1.29, 1.82) is 5.26 Å². The van der Waals surface area contributed by atoms with Crippen molar-refractivity contribution in [3.8, 4) is 6.07 Å². The van der Waals surface area contributed by atoms with E-state index in [1.807, 2.05) is 0 Å². The van der Waals surface area contributed by atoms with Crippen molar-refractivity contribution >= 4 is 6.08 Å². The summed E-state index contributed by atoms with van der Waals surface area (Å²) in [5.41, 5.74) is 2.46. The first-order chi connectivity index (χ1) is 6.86. The third-order valence-electron chi connectivity index (χ3n) is 2.45. The summed E-state index contributed by atoms with van der Waals surface area (Å²) in [5.74, 6) is 0. The number of hydrogen-bond donors (Lipinski definition) is 0. The van der Waals surface area contributed by atoms with E-state index in [9.17, 15) is 4.79 Å². The fourth-order valence-corrected chi connectivity index (χ4v) is 1.86. The first-order valence-electron chi connectivity index (χ1n) is 4.37. The number of carbonyl (C=O) groups excluding carboxylic acids is 1. The number of rotatable bonds is 1. The molecule has 0 aromatic heterocycles. The molecule has 0 saturated carbocycles. The van der Waals surface area contributed by atoms with Gasteiger partial charge in [0, 0.05) is 0 Å². The molecule has 0 saturated heterocycles. The maximum atomic E-state index is 10.2. The van der Waals surface area contributed by atoms with Crippen LogP contribution in [0.4, 0.5) is 0 Å². The third-order valence-corrected chi connectivity index (χ3v) is 2.45. The summed E-state index contributed by atoms with van der Waals surface area (Å²) >= 11 is 0. The maximum Gasteiger partial charge on any atom is 0.235 e. The Morgan fingerprint density at radius 2 is 2.50 bits per heavy atom. The highest BCUT2D eigenvalue weighted by Crippen LogP contribution is 2.35. The number of aryl methyl sites for hydroxylation is 1. The number of aliphatic imine (C=N–C) groups is 1. The van der Waals surface area contributed by atoms with Crippen molar-refractivity contribution in [2.45, 2.75) is 18.9 Å². The summed E-state index contributed by atoms with van der Waals surface area (Å²) in [7, 11) is 0. The Bertz CT molecular complexity index is 453. The lowest BCUT2D eigenvalue weighted by Gasteiger charge is -2.04. The minimum Gasteiger partial charge on any atom is -0.211 e. The summed E-state index contributed by atoms with van der Waals surface area (Å²) in [6, 6.07) is 8.44. The van der Waals surface area contributed by atoms with Crippen LogP contribution in [0.3, 0.4) is 0 Å². The van der Waals surface area contributed by atoms with Crippen LogP contribution >= 0.6 is 0 Å². The van der Waals surface area contributed by atoms with Crippen LogP contribution in [-0.4, -0.2) is 6.08 Å². The van der Waals surface area contributed by atoms with Gasteiger partial charge in [-0.1, -0.05) is 6.07 Å². The van der Waals surface area contributed by atoms with Crippen molar-refractivity contribution < 1.29 is 4.79 Å². The minimum atomic E-state index is -0.186. The van der Waals surface area contributed by atoms with Gasteiger partial charge in [-0.15, -0.1) is 0 Å². The summed E-state index contributed by atoms with van der Waals surface area (Å²) in [5, 5.41) is 8.88. The average Bonchev–Trinajstić information content (AvgIpc) is 2.62. The summed E-state index contributed by atoms with van der Waals surface area (Å²) in [6.45, 7) is 0. The molecule has 1 radical (unpaired) electrons. The lowest BCUT2D eigenvalue weighted by molar-refractivity contribution is 0.557. The molecule has 1 unspecified atom stereocenters. The van der Waals surface area contributed by atoms with Gasteiger partial charge >= 0.3 is 0 Å². The molecule has 1 aromatic carbocycles. The van der Waals surface area contributed by atoms with Crippen molar-refractivity contribution in [2.75, 3.05) is 0 Å². The highest BCUT2D eigenvalue weighted by Gasteiger charge is 2.24. The Labute approximate surface area is 81.7 Å². The molecule has 0 heterocycles. The zero-order valence-corrected chi connectivity index (χ0v) is 7.45. The summed E-state index contributed by atoms with van der Waals surface area (Å²) in [4.78, 5) is 13.9. The Kier molecular flexibility index (Phi) is 2.14. The first kappa shape index (κ1) is 8.68. The van der Waals surface area contributed by atoms with Crippen LogP contribution in [0.15, 0.2) is 17.1 Å². The summed E-state index contributed by atoms with van der Waals surface area (Å²) < 4.78 is 0. The van der Waals surface area contributed by atoms with Crippen molar-refractivity contribution in [1.82, 2.24) is 0 Å². The monoisotopic (exact) mass is 183 g/mol. The lowest BCUT2D eigenvalue weighted by Crippen LogP contribution is -1.93. The van der Waals surface area contributed by atoms with Gasteiger partial charge in [-0.3, -0.25) is 0 Å². The molecular formula is C11H7N2O. The molecule has 1 aliphatic rings. The van der Waals surface area contributed by atoms with Crippen molar-refractivity contribution in [2.24, 2.45) is 4.99 Å². The molecule has 3 heteroatoms. The fraction of sp³-hybridized carbons (Fsp3) is 0.273. The summed E-state index contributed by atoms with van der Waals surface area (Å²) in [6.07, 6.45) is 3.17. The second-order valence-corrected chi connectivity index (χ2v) is 3.17. The van der Waals surface area contributed by atoms with E-state index in [0.29, 0.717) is 5.56 Å². The highest BCUT2D eigenvalue weighted by atomic mass is 16.1. The predicted octanol–water partition coefficient (Wildman–Crippen LogP) is 1.68. The SMILES string of the molecule is N#Cc1cc[c]c2c1C(N=C=O)CC2. The minimum absolute atomic E-state index is 0.186. The van der Waals surface area contributed by atoms with E-state index in [-0.39, 0.29) is 6.04 Å². The van der Waals surface area contributed by atoms with Crippen LogP contribution in [-0.2, 0) is 11.2 Å². The molecule has 0 spiro atoms. The van der Waals surface area contributed by atoms with E-state index < -0.39 is 0 Å². The van der Waals surface area contributed by atoms with Gasteiger partial charge in [0.25, 0.3) is 0 Å². The van der Waals surface area contributed by atoms with Crippen LogP contribution in [0.25, 0.3) is 0 Å². The zero-order valence-electron chi connectivity index (χ0n) is 7.45. The Morgan fingerprint density at radius 3 is 3.21 bits per heavy atom. The molecule has 2 rings (SSSR count). The van der Waals surface area contributed by atoms with Gasteiger partial charge in [-0.2, -0.15) is 10.3 Å². The Balaban J connectivity index is 2.57. The van der Waals surface area contributed by atoms with Gasteiger partial charge in [-0.05, 0) is 36.1 Å². The molecule has 3 nitrogen and oxygen atoms in total. The molecule has 0 fully saturated rings. The molecule has 1 aromatic rings. The van der Waals surface area contributed by atoms with E-state index in [1.54, 1.807) is 18.2 Å². The predicted molar refractivity (Wildman–Crippen MR) is 49.2 cm³/mol. The van der Waals surface area contributed by atoms with Crippen LogP contribution in [0.5, 0.6) is 0 Å². The van der Waals surface area contributed by atoms with Crippen LogP contribution in [0.1, 0.15) is 29.2 Å². The molecule has 0 bridgehead atoms. The average molecular weight is 183 g/mol. The highest BCUT2D eigenvalue weighted by molar-refractivity contribution is 5.48. The quantitative estimate of drug-likeness (QED) is 0.491. The molecule has 67 valence electrons. The van der Waals surface area contributed by atoms with Gasteiger partial charge in [-0.25, -0.2) is 4.79 Å². The van der Waals surface area contributed by atoms with E-state index in [0.717, 1.165) is 24.0 Å². The molecule has 1 aliphatic carbocycles. The van der Waals surface area contributed by atoms with Crippen LogP contribution in [0, 0.1) is 17.4 Å². The molecular weight excluding hydrogens is 176 g/mol. The van der Waals surface area contributed by atoms with Crippen molar-refractivity contribution in [3.05, 3.63) is 34.9 Å². The first-order valence-corrected chi connectivity index (χ1v) is 4.37. The molecule has 0 amide bonds. The van der Waals surface area contributed by atoms with E-state index in [2.05, 4.69) is 17.1 Å².